The number of para-hydroxylation sites is 1. The van der Waals surface area contributed by atoms with E-state index in [0.29, 0.717) is 5.56 Å². The number of hydrogen-bond acceptors (Lipinski definition) is 5. The largest absolute Gasteiger partial charge is 0.472 e. The fourth-order valence-corrected chi connectivity index (χ4v) is 1.87. The monoisotopic (exact) mass is 290 g/mol. The Balaban J connectivity index is 1.92. The molecule has 0 spiro atoms. The first-order valence-corrected chi connectivity index (χ1v) is 6.31. The molecule has 1 aromatic carbocycles. The van der Waals surface area contributed by atoms with Crippen LogP contribution in [0.25, 0.3) is 0 Å². The van der Waals surface area contributed by atoms with Crippen molar-refractivity contribution in [1.82, 2.24) is 5.32 Å². The molecule has 0 radical (unpaired) electrons. The zero-order valence-corrected chi connectivity index (χ0v) is 11.1. The Labute approximate surface area is 120 Å². The van der Waals surface area contributed by atoms with E-state index in [0.717, 1.165) is 0 Å². The first-order chi connectivity index (χ1) is 10.1. The summed E-state index contributed by atoms with van der Waals surface area (Å²) in [4.78, 5) is 22.2. The fraction of sp³-hybridized carbons (Fsp3) is 0.214. The molecule has 0 aliphatic carbocycles. The number of aliphatic hydroxyl groups is 1. The molecule has 1 aromatic heterocycles. The zero-order chi connectivity index (χ0) is 15.2. The van der Waals surface area contributed by atoms with E-state index in [2.05, 4.69) is 5.32 Å². The van der Waals surface area contributed by atoms with Crippen LogP contribution in [-0.2, 0) is 0 Å². The highest BCUT2D eigenvalue weighted by Crippen LogP contribution is 2.18. The van der Waals surface area contributed by atoms with Gasteiger partial charge in [-0.3, -0.25) is 14.9 Å². The van der Waals surface area contributed by atoms with Crippen molar-refractivity contribution < 1.29 is 19.2 Å². The smallest absolute Gasteiger partial charge is 0.282 e. The predicted octanol–water partition coefficient (Wildman–Crippen LogP) is 2.04. The molecule has 0 bridgehead atoms. The predicted molar refractivity (Wildman–Crippen MR) is 73.7 cm³/mol. The van der Waals surface area contributed by atoms with Gasteiger partial charge in [0.25, 0.3) is 11.6 Å². The van der Waals surface area contributed by atoms with Crippen molar-refractivity contribution in [3.8, 4) is 0 Å². The van der Waals surface area contributed by atoms with Crippen molar-refractivity contribution in [3.05, 3.63) is 64.1 Å². The molecular weight excluding hydrogens is 276 g/mol. The average molecular weight is 290 g/mol. The second-order valence-electron chi connectivity index (χ2n) is 4.39. The Hall–Kier alpha value is -2.67. The van der Waals surface area contributed by atoms with Gasteiger partial charge in [0.15, 0.2) is 0 Å². The molecule has 2 aromatic rings. The summed E-state index contributed by atoms with van der Waals surface area (Å²) in [6.45, 7) is 0.192. The van der Waals surface area contributed by atoms with Gasteiger partial charge < -0.3 is 14.8 Å². The van der Waals surface area contributed by atoms with Crippen LogP contribution in [0, 0.1) is 10.1 Å². The third kappa shape index (κ3) is 3.67. The van der Waals surface area contributed by atoms with Gasteiger partial charge in [-0.1, -0.05) is 12.1 Å². The maximum absolute atomic E-state index is 11.9. The van der Waals surface area contributed by atoms with Crippen LogP contribution in [0.15, 0.2) is 47.3 Å². The first kappa shape index (κ1) is 14.7. The number of hydrogen-bond donors (Lipinski definition) is 2. The summed E-state index contributed by atoms with van der Waals surface area (Å²) in [6, 6.07) is 7.35. The highest BCUT2D eigenvalue weighted by molar-refractivity contribution is 5.98. The van der Waals surface area contributed by atoms with E-state index in [9.17, 15) is 20.0 Å². The minimum atomic E-state index is -0.755. The average Bonchev–Trinajstić information content (AvgIpc) is 3.01. The number of nitro benzene ring substituents is 1. The van der Waals surface area contributed by atoms with Gasteiger partial charge in [0.05, 0.1) is 23.6 Å². The van der Waals surface area contributed by atoms with Crippen LogP contribution >= 0.6 is 0 Å². The number of carbonyl (C=O) groups excluding carboxylic acids is 1. The van der Waals surface area contributed by atoms with Gasteiger partial charge >= 0.3 is 0 Å². The van der Waals surface area contributed by atoms with Crippen LogP contribution in [0.2, 0.25) is 0 Å². The number of carbonyl (C=O) groups is 1. The summed E-state index contributed by atoms with van der Waals surface area (Å²) in [6.07, 6.45) is 2.40. The molecule has 0 aliphatic rings. The number of nitro groups is 1. The van der Waals surface area contributed by atoms with Crippen LogP contribution in [0.5, 0.6) is 0 Å². The third-order valence-corrected chi connectivity index (χ3v) is 2.98. The molecular formula is C14H14N2O5. The van der Waals surface area contributed by atoms with Crippen molar-refractivity contribution in [3.63, 3.8) is 0 Å². The lowest BCUT2D eigenvalue weighted by atomic mass is 10.1. The fourth-order valence-electron chi connectivity index (χ4n) is 1.87. The Morgan fingerprint density at radius 2 is 2.14 bits per heavy atom. The van der Waals surface area contributed by atoms with Crippen LogP contribution < -0.4 is 5.32 Å². The molecule has 1 amide bonds. The summed E-state index contributed by atoms with van der Waals surface area (Å²) in [5.41, 5.74) is 0.376. The topological polar surface area (TPSA) is 106 Å². The third-order valence-electron chi connectivity index (χ3n) is 2.98. The molecule has 1 atom stereocenters. The highest BCUT2D eigenvalue weighted by atomic mass is 16.6. The Morgan fingerprint density at radius 3 is 2.81 bits per heavy atom. The number of rotatable bonds is 6. The minimum absolute atomic E-state index is 0.000279. The van der Waals surface area contributed by atoms with E-state index in [1.54, 1.807) is 12.1 Å². The SMILES string of the molecule is O=C(NCCC(O)c1ccoc1)c1ccccc1[N+](=O)[O-]. The molecule has 2 N–H and O–H groups in total. The molecule has 1 heterocycles. The van der Waals surface area contributed by atoms with Crippen LogP contribution in [-0.4, -0.2) is 22.5 Å². The molecule has 110 valence electrons. The molecule has 0 fully saturated rings. The van der Waals surface area contributed by atoms with Crippen molar-refractivity contribution >= 4 is 11.6 Å². The van der Waals surface area contributed by atoms with Gasteiger partial charge in [-0.25, -0.2) is 0 Å². The van der Waals surface area contributed by atoms with E-state index in [1.807, 2.05) is 0 Å². The number of nitrogens with zero attached hydrogens (tertiary/aromatic N) is 1. The van der Waals surface area contributed by atoms with Gasteiger partial charge in [-0.15, -0.1) is 0 Å². The zero-order valence-electron chi connectivity index (χ0n) is 11.1. The van der Waals surface area contributed by atoms with E-state index in [4.69, 9.17) is 4.42 Å². The molecule has 0 saturated heterocycles. The molecule has 21 heavy (non-hydrogen) atoms. The summed E-state index contributed by atoms with van der Waals surface area (Å²) < 4.78 is 4.85. The summed E-state index contributed by atoms with van der Waals surface area (Å²) in [5, 5.41) is 23.2. The molecule has 0 saturated carbocycles. The number of furan rings is 1. The Bertz CT molecular complexity index is 624. The van der Waals surface area contributed by atoms with Gasteiger partial charge in [0.1, 0.15) is 5.56 Å². The Kier molecular flexibility index (Phi) is 4.68. The summed E-state index contributed by atoms with van der Waals surface area (Å²) in [7, 11) is 0. The second-order valence-corrected chi connectivity index (χ2v) is 4.39. The normalized spacial score (nSPS) is 11.9. The first-order valence-electron chi connectivity index (χ1n) is 6.31. The van der Waals surface area contributed by atoms with Gasteiger partial charge in [0.2, 0.25) is 0 Å². The lowest BCUT2D eigenvalue weighted by molar-refractivity contribution is -0.385. The highest BCUT2D eigenvalue weighted by Gasteiger charge is 2.19. The molecule has 7 heteroatoms. The number of aliphatic hydroxyl groups excluding tert-OH is 1. The van der Waals surface area contributed by atoms with Gasteiger partial charge in [0, 0.05) is 18.2 Å². The van der Waals surface area contributed by atoms with E-state index in [1.165, 1.54) is 30.7 Å². The number of amides is 1. The minimum Gasteiger partial charge on any atom is -0.472 e. The number of nitrogens with one attached hydrogen (secondary N) is 1. The second kappa shape index (κ2) is 6.67. The van der Waals surface area contributed by atoms with Gasteiger partial charge in [-0.05, 0) is 18.6 Å². The lowest BCUT2D eigenvalue weighted by Crippen LogP contribution is -2.26. The van der Waals surface area contributed by atoms with Crippen LogP contribution in [0.1, 0.15) is 28.4 Å². The van der Waals surface area contributed by atoms with Crippen molar-refractivity contribution in [2.75, 3.05) is 6.54 Å². The summed E-state index contributed by atoms with van der Waals surface area (Å²) >= 11 is 0. The molecule has 7 nitrogen and oxygen atoms in total. The summed E-state index contributed by atoms with van der Waals surface area (Å²) in [5.74, 6) is -0.540. The molecule has 2 rings (SSSR count). The number of benzene rings is 1. The maximum Gasteiger partial charge on any atom is 0.282 e. The lowest BCUT2D eigenvalue weighted by Gasteiger charge is -2.09. The maximum atomic E-state index is 11.9. The van der Waals surface area contributed by atoms with E-state index in [-0.39, 0.29) is 24.2 Å². The van der Waals surface area contributed by atoms with Gasteiger partial charge in [-0.2, -0.15) is 0 Å². The molecule has 0 aliphatic heterocycles. The standard InChI is InChI=1S/C14H14N2O5/c17-13(10-6-8-21-9-10)5-7-15-14(18)11-3-1-2-4-12(11)16(19)20/h1-4,6,8-9,13,17H,5,7H2,(H,15,18). The van der Waals surface area contributed by atoms with Crippen molar-refractivity contribution in [1.29, 1.82) is 0 Å². The molecule has 1 unspecified atom stereocenters. The van der Waals surface area contributed by atoms with Crippen molar-refractivity contribution in [2.45, 2.75) is 12.5 Å². The van der Waals surface area contributed by atoms with E-state index >= 15 is 0 Å². The van der Waals surface area contributed by atoms with E-state index < -0.39 is 16.9 Å². The van der Waals surface area contributed by atoms with Crippen molar-refractivity contribution in [2.24, 2.45) is 0 Å². The van der Waals surface area contributed by atoms with Crippen LogP contribution in [0.3, 0.4) is 0 Å². The Morgan fingerprint density at radius 1 is 1.38 bits per heavy atom. The van der Waals surface area contributed by atoms with Crippen LogP contribution in [0.4, 0.5) is 5.69 Å². The quantitative estimate of drug-likeness (QED) is 0.625.